The Hall–Kier alpha value is -0.340. The van der Waals surface area contributed by atoms with E-state index in [2.05, 4.69) is 37.4 Å². The lowest BCUT2D eigenvalue weighted by molar-refractivity contribution is 0.406. The molecule has 0 aliphatic rings. The van der Waals surface area contributed by atoms with Gasteiger partial charge in [-0.15, -0.1) is 11.3 Å². The van der Waals surface area contributed by atoms with E-state index in [-0.39, 0.29) is 0 Å². The van der Waals surface area contributed by atoms with E-state index in [4.69, 9.17) is 0 Å². The molecule has 2 heteroatoms. The van der Waals surface area contributed by atoms with Gasteiger partial charge in [0.2, 0.25) is 0 Å². The van der Waals surface area contributed by atoms with Gasteiger partial charge in [-0.3, -0.25) is 0 Å². The first-order valence-electron chi connectivity index (χ1n) is 3.93. The summed E-state index contributed by atoms with van der Waals surface area (Å²) in [5.41, 5.74) is 1.46. The minimum absolute atomic E-state index is 1.07. The van der Waals surface area contributed by atoms with Crippen LogP contribution in [-0.2, 0) is 13.0 Å². The normalized spacial score (nSPS) is 10.9. The number of aryl methyl sites for hydroxylation is 1. The maximum absolute atomic E-state index is 2.30. The molecule has 11 heavy (non-hydrogen) atoms. The monoisotopic (exact) mass is 169 g/mol. The minimum atomic E-state index is 1.07. The molecule has 1 rings (SSSR count). The predicted octanol–water partition coefficient (Wildman–Crippen LogP) is 2.37. The second kappa shape index (κ2) is 3.88. The van der Waals surface area contributed by atoms with Crippen LogP contribution < -0.4 is 0 Å². The van der Waals surface area contributed by atoms with Gasteiger partial charge in [-0.05, 0) is 37.5 Å². The molecular weight excluding hydrogens is 154 g/mol. The van der Waals surface area contributed by atoms with Crippen LogP contribution in [0.25, 0.3) is 0 Å². The van der Waals surface area contributed by atoms with Crippen LogP contribution in [0.4, 0.5) is 0 Å². The molecule has 62 valence electrons. The van der Waals surface area contributed by atoms with Crippen molar-refractivity contribution in [3.05, 3.63) is 21.9 Å². The van der Waals surface area contributed by atoms with Gasteiger partial charge < -0.3 is 4.90 Å². The lowest BCUT2D eigenvalue weighted by Gasteiger charge is -2.05. The molecule has 0 saturated carbocycles. The van der Waals surface area contributed by atoms with Gasteiger partial charge in [0, 0.05) is 11.4 Å². The van der Waals surface area contributed by atoms with Gasteiger partial charge in [0.05, 0.1) is 0 Å². The standard InChI is InChI=1S/C9H15NS/c1-4-8-5-9(11-7-8)6-10(2)3/h5,7H,4,6H2,1-3H3. The van der Waals surface area contributed by atoms with E-state index in [0.717, 1.165) is 13.0 Å². The zero-order valence-corrected chi connectivity index (χ0v) is 8.24. The maximum Gasteiger partial charge on any atom is 0.0321 e. The van der Waals surface area contributed by atoms with Gasteiger partial charge in [0.15, 0.2) is 0 Å². The van der Waals surface area contributed by atoms with Crippen LogP contribution in [-0.4, -0.2) is 19.0 Å². The van der Waals surface area contributed by atoms with Gasteiger partial charge in [-0.2, -0.15) is 0 Å². The molecule has 0 aliphatic heterocycles. The number of hydrogen-bond acceptors (Lipinski definition) is 2. The van der Waals surface area contributed by atoms with E-state index in [1.807, 2.05) is 11.3 Å². The van der Waals surface area contributed by atoms with E-state index >= 15 is 0 Å². The van der Waals surface area contributed by atoms with Crippen molar-refractivity contribution in [3.63, 3.8) is 0 Å². The molecule has 0 aliphatic carbocycles. The topological polar surface area (TPSA) is 3.24 Å². The van der Waals surface area contributed by atoms with Crippen molar-refractivity contribution in [1.82, 2.24) is 4.90 Å². The van der Waals surface area contributed by atoms with Crippen molar-refractivity contribution in [1.29, 1.82) is 0 Å². The van der Waals surface area contributed by atoms with Gasteiger partial charge in [0.1, 0.15) is 0 Å². The highest BCUT2D eigenvalue weighted by atomic mass is 32.1. The Morgan fingerprint density at radius 1 is 1.45 bits per heavy atom. The maximum atomic E-state index is 2.30. The van der Waals surface area contributed by atoms with E-state index in [0.29, 0.717) is 0 Å². The van der Waals surface area contributed by atoms with Crippen LogP contribution in [0, 0.1) is 0 Å². The van der Waals surface area contributed by atoms with Crippen molar-refractivity contribution in [2.75, 3.05) is 14.1 Å². The predicted molar refractivity (Wildman–Crippen MR) is 51.1 cm³/mol. The van der Waals surface area contributed by atoms with Crippen LogP contribution in [0.2, 0.25) is 0 Å². The zero-order chi connectivity index (χ0) is 8.27. The molecule has 0 saturated heterocycles. The summed E-state index contributed by atoms with van der Waals surface area (Å²) >= 11 is 1.86. The first-order valence-corrected chi connectivity index (χ1v) is 4.81. The molecule has 0 bridgehead atoms. The summed E-state index contributed by atoms with van der Waals surface area (Å²) in [5, 5.41) is 2.25. The summed E-state index contributed by atoms with van der Waals surface area (Å²) in [6.45, 7) is 3.27. The Morgan fingerprint density at radius 3 is 2.64 bits per heavy atom. The fourth-order valence-electron chi connectivity index (χ4n) is 1.01. The van der Waals surface area contributed by atoms with E-state index in [9.17, 15) is 0 Å². The fraction of sp³-hybridized carbons (Fsp3) is 0.556. The van der Waals surface area contributed by atoms with Gasteiger partial charge >= 0.3 is 0 Å². The summed E-state index contributed by atoms with van der Waals surface area (Å²) in [6, 6.07) is 2.30. The third-order valence-corrected chi connectivity index (χ3v) is 2.56. The van der Waals surface area contributed by atoms with Crippen LogP contribution in [0.15, 0.2) is 11.4 Å². The highest BCUT2D eigenvalue weighted by Crippen LogP contribution is 2.15. The Morgan fingerprint density at radius 2 is 2.18 bits per heavy atom. The average Bonchev–Trinajstić information content (AvgIpc) is 2.34. The molecule has 0 N–H and O–H groups in total. The van der Waals surface area contributed by atoms with Crippen LogP contribution in [0.1, 0.15) is 17.4 Å². The highest BCUT2D eigenvalue weighted by molar-refractivity contribution is 7.10. The summed E-state index contributed by atoms with van der Waals surface area (Å²) < 4.78 is 0. The average molecular weight is 169 g/mol. The number of rotatable bonds is 3. The Bertz CT molecular complexity index is 215. The molecule has 0 atom stereocenters. The molecule has 0 fully saturated rings. The van der Waals surface area contributed by atoms with Crippen LogP contribution >= 0.6 is 11.3 Å². The van der Waals surface area contributed by atoms with Crippen molar-refractivity contribution in [2.24, 2.45) is 0 Å². The van der Waals surface area contributed by atoms with E-state index in [1.54, 1.807) is 0 Å². The Kier molecular flexibility index (Phi) is 3.09. The van der Waals surface area contributed by atoms with Crippen molar-refractivity contribution in [3.8, 4) is 0 Å². The summed E-state index contributed by atoms with van der Waals surface area (Å²) in [5.74, 6) is 0. The lowest BCUT2D eigenvalue weighted by atomic mass is 10.2. The van der Waals surface area contributed by atoms with Crippen molar-refractivity contribution in [2.45, 2.75) is 19.9 Å². The summed E-state index contributed by atoms with van der Waals surface area (Å²) in [4.78, 5) is 3.66. The second-order valence-corrected chi connectivity index (χ2v) is 4.01. The zero-order valence-electron chi connectivity index (χ0n) is 7.42. The Balaban J connectivity index is 2.58. The van der Waals surface area contributed by atoms with Crippen molar-refractivity contribution >= 4 is 11.3 Å². The number of hydrogen-bond donors (Lipinski definition) is 0. The molecule has 1 aromatic rings. The molecule has 1 heterocycles. The highest BCUT2D eigenvalue weighted by Gasteiger charge is 1.98. The molecule has 0 spiro atoms. The third-order valence-electron chi connectivity index (χ3n) is 1.59. The largest absolute Gasteiger partial charge is 0.304 e. The second-order valence-electron chi connectivity index (χ2n) is 3.01. The van der Waals surface area contributed by atoms with Crippen LogP contribution in [0.5, 0.6) is 0 Å². The first kappa shape index (κ1) is 8.75. The number of nitrogens with zero attached hydrogens (tertiary/aromatic N) is 1. The number of thiophene rings is 1. The Labute approximate surface area is 72.7 Å². The van der Waals surface area contributed by atoms with E-state index in [1.165, 1.54) is 10.4 Å². The lowest BCUT2D eigenvalue weighted by Crippen LogP contribution is -2.09. The first-order chi connectivity index (χ1) is 5.22. The van der Waals surface area contributed by atoms with Gasteiger partial charge in [-0.25, -0.2) is 0 Å². The smallest absolute Gasteiger partial charge is 0.0321 e. The fourth-order valence-corrected chi connectivity index (χ4v) is 2.10. The SMILES string of the molecule is CCc1csc(CN(C)C)c1. The minimum Gasteiger partial charge on any atom is -0.304 e. The quantitative estimate of drug-likeness (QED) is 0.671. The molecule has 0 unspecified atom stereocenters. The summed E-state index contributed by atoms with van der Waals surface area (Å²) in [7, 11) is 4.21. The van der Waals surface area contributed by atoms with Crippen LogP contribution in [0.3, 0.4) is 0 Å². The molecule has 1 aromatic heterocycles. The third kappa shape index (κ3) is 2.64. The van der Waals surface area contributed by atoms with Gasteiger partial charge in [-0.1, -0.05) is 6.92 Å². The molecule has 0 radical (unpaired) electrons. The van der Waals surface area contributed by atoms with E-state index < -0.39 is 0 Å². The molecule has 0 amide bonds. The molecule has 1 nitrogen and oxygen atoms in total. The van der Waals surface area contributed by atoms with Crippen molar-refractivity contribution < 1.29 is 0 Å². The summed E-state index contributed by atoms with van der Waals surface area (Å²) in [6.07, 6.45) is 1.16. The molecular formula is C9H15NS. The molecule has 0 aromatic carbocycles. The van der Waals surface area contributed by atoms with Gasteiger partial charge in [0.25, 0.3) is 0 Å².